The number of carbonyl (C=O) groups excluding carboxylic acids is 1. The highest BCUT2D eigenvalue weighted by molar-refractivity contribution is 5.80. The Bertz CT molecular complexity index is 398. The predicted octanol–water partition coefficient (Wildman–Crippen LogP) is 1.36. The first kappa shape index (κ1) is 13.9. The number of carboxylic acid groups (broad SMARTS) is 1. The molecule has 2 heterocycles. The SMILES string of the molecule is NC1CCC(C(=O)N2C3CCC2CC(CC(=O)O)C3)C1. The molecule has 0 aromatic carbocycles. The van der Waals surface area contributed by atoms with Crippen LogP contribution >= 0.6 is 0 Å². The van der Waals surface area contributed by atoms with Crippen LogP contribution in [0.3, 0.4) is 0 Å². The van der Waals surface area contributed by atoms with E-state index in [1.54, 1.807) is 0 Å². The van der Waals surface area contributed by atoms with Gasteiger partial charge in [0.25, 0.3) is 0 Å². The molecule has 0 spiro atoms. The first-order chi connectivity index (χ1) is 9.54. The lowest BCUT2D eigenvalue weighted by Gasteiger charge is -2.40. The van der Waals surface area contributed by atoms with E-state index in [1.807, 2.05) is 0 Å². The molecule has 2 bridgehead atoms. The summed E-state index contributed by atoms with van der Waals surface area (Å²) in [4.78, 5) is 25.7. The molecule has 2 saturated heterocycles. The van der Waals surface area contributed by atoms with Crippen molar-refractivity contribution in [1.29, 1.82) is 0 Å². The van der Waals surface area contributed by atoms with Gasteiger partial charge in [-0.1, -0.05) is 0 Å². The molecule has 4 unspecified atom stereocenters. The highest BCUT2D eigenvalue weighted by Crippen LogP contribution is 2.42. The normalized spacial score (nSPS) is 40.0. The third-order valence-electron chi connectivity index (χ3n) is 5.37. The number of piperidine rings is 1. The Labute approximate surface area is 119 Å². The Kier molecular flexibility index (Phi) is 3.71. The molecule has 3 N–H and O–H groups in total. The maximum absolute atomic E-state index is 12.7. The topological polar surface area (TPSA) is 83.6 Å². The van der Waals surface area contributed by atoms with Crippen molar-refractivity contribution in [3.8, 4) is 0 Å². The van der Waals surface area contributed by atoms with Gasteiger partial charge in [-0.15, -0.1) is 0 Å². The minimum Gasteiger partial charge on any atom is -0.481 e. The molecule has 1 saturated carbocycles. The Morgan fingerprint density at radius 3 is 2.20 bits per heavy atom. The van der Waals surface area contributed by atoms with Crippen LogP contribution in [0, 0.1) is 11.8 Å². The first-order valence-corrected chi connectivity index (χ1v) is 7.84. The fourth-order valence-corrected chi connectivity index (χ4v) is 4.51. The number of carbonyl (C=O) groups is 2. The first-order valence-electron chi connectivity index (χ1n) is 7.84. The predicted molar refractivity (Wildman–Crippen MR) is 73.9 cm³/mol. The van der Waals surface area contributed by atoms with Crippen molar-refractivity contribution < 1.29 is 14.7 Å². The van der Waals surface area contributed by atoms with Crippen LogP contribution in [0.5, 0.6) is 0 Å². The molecule has 0 aromatic heterocycles. The fraction of sp³-hybridized carbons (Fsp3) is 0.867. The van der Waals surface area contributed by atoms with E-state index in [2.05, 4.69) is 4.90 Å². The zero-order valence-electron chi connectivity index (χ0n) is 11.8. The summed E-state index contributed by atoms with van der Waals surface area (Å²) in [5, 5.41) is 8.94. The summed E-state index contributed by atoms with van der Waals surface area (Å²) in [5.74, 6) is -0.0563. The van der Waals surface area contributed by atoms with Gasteiger partial charge in [0.2, 0.25) is 5.91 Å². The summed E-state index contributed by atoms with van der Waals surface area (Å²) in [7, 11) is 0. The molecule has 1 amide bonds. The Morgan fingerprint density at radius 2 is 1.70 bits per heavy atom. The van der Waals surface area contributed by atoms with Gasteiger partial charge < -0.3 is 15.7 Å². The molecule has 5 nitrogen and oxygen atoms in total. The van der Waals surface area contributed by atoms with Crippen molar-refractivity contribution in [2.75, 3.05) is 0 Å². The van der Waals surface area contributed by atoms with E-state index in [1.165, 1.54) is 0 Å². The third-order valence-corrected chi connectivity index (χ3v) is 5.37. The summed E-state index contributed by atoms with van der Waals surface area (Å²) in [5.41, 5.74) is 5.92. The Morgan fingerprint density at radius 1 is 1.05 bits per heavy atom. The molecule has 112 valence electrons. The molecule has 20 heavy (non-hydrogen) atoms. The molecule has 3 aliphatic rings. The number of nitrogens with zero attached hydrogens (tertiary/aromatic N) is 1. The highest BCUT2D eigenvalue weighted by Gasteiger charge is 2.45. The lowest BCUT2D eigenvalue weighted by Crippen LogP contribution is -2.49. The van der Waals surface area contributed by atoms with Gasteiger partial charge in [-0.2, -0.15) is 0 Å². The average molecular weight is 280 g/mol. The van der Waals surface area contributed by atoms with Crippen LogP contribution in [0.15, 0.2) is 0 Å². The maximum atomic E-state index is 12.7. The second kappa shape index (κ2) is 5.35. The lowest BCUT2D eigenvalue weighted by atomic mass is 9.87. The highest BCUT2D eigenvalue weighted by atomic mass is 16.4. The second-order valence-corrected chi connectivity index (χ2v) is 6.84. The molecule has 4 atom stereocenters. The quantitative estimate of drug-likeness (QED) is 0.817. The van der Waals surface area contributed by atoms with Gasteiger partial charge >= 0.3 is 5.97 Å². The van der Waals surface area contributed by atoms with Crippen molar-refractivity contribution in [2.24, 2.45) is 17.6 Å². The van der Waals surface area contributed by atoms with Gasteiger partial charge in [0.15, 0.2) is 0 Å². The van der Waals surface area contributed by atoms with E-state index in [-0.39, 0.29) is 36.4 Å². The van der Waals surface area contributed by atoms with Crippen LogP contribution in [0.4, 0.5) is 0 Å². The number of nitrogens with two attached hydrogens (primary N) is 1. The molecule has 3 fully saturated rings. The molecular formula is C15H24N2O3. The van der Waals surface area contributed by atoms with Crippen LogP contribution < -0.4 is 5.73 Å². The molecular weight excluding hydrogens is 256 g/mol. The van der Waals surface area contributed by atoms with Gasteiger partial charge in [-0.3, -0.25) is 9.59 Å². The molecule has 0 radical (unpaired) electrons. The monoisotopic (exact) mass is 280 g/mol. The number of aliphatic carboxylic acids is 1. The van der Waals surface area contributed by atoms with E-state index in [4.69, 9.17) is 10.8 Å². The number of rotatable bonds is 3. The summed E-state index contributed by atoms with van der Waals surface area (Å²) in [6.07, 6.45) is 6.80. The molecule has 3 rings (SSSR count). The van der Waals surface area contributed by atoms with Crippen molar-refractivity contribution >= 4 is 11.9 Å². The van der Waals surface area contributed by atoms with Gasteiger partial charge in [0, 0.05) is 30.5 Å². The van der Waals surface area contributed by atoms with Gasteiger partial charge in [-0.05, 0) is 50.9 Å². The number of amides is 1. The molecule has 1 aliphatic carbocycles. The summed E-state index contributed by atoms with van der Waals surface area (Å²) in [6.45, 7) is 0. The van der Waals surface area contributed by atoms with Crippen LogP contribution in [-0.4, -0.2) is 40.0 Å². The van der Waals surface area contributed by atoms with Gasteiger partial charge in [0.05, 0.1) is 0 Å². The van der Waals surface area contributed by atoms with Crippen molar-refractivity contribution in [3.05, 3.63) is 0 Å². The van der Waals surface area contributed by atoms with E-state index in [0.717, 1.165) is 44.9 Å². The molecule has 5 heteroatoms. The maximum Gasteiger partial charge on any atom is 0.303 e. The number of fused-ring (bicyclic) bond motifs is 2. The van der Waals surface area contributed by atoms with E-state index in [9.17, 15) is 9.59 Å². The second-order valence-electron chi connectivity index (χ2n) is 6.84. The van der Waals surface area contributed by atoms with Crippen LogP contribution in [0.25, 0.3) is 0 Å². The minimum atomic E-state index is -0.712. The van der Waals surface area contributed by atoms with Crippen LogP contribution in [-0.2, 0) is 9.59 Å². The largest absolute Gasteiger partial charge is 0.481 e. The third kappa shape index (κ3) is 2.55. The number of hydrogen-bond acceptors (Lipinski definition) is 3. The standard InChI is InChI=1S/C15H24N2O3/c16-11-2-1-10(8-11)15(20)17-12-3-4-13(17)6-9(5-12)7-14(18)19/h9-13H,1-8,16H2,(H,18,19). The average Bonchev–Trinajstić information content (AvgIpc) is 2.91. The van der Waals surface area contributed by atoms with Crippen molar-refractivity contribution in [1.82, 2.24) is 4.90 Å². The van der Waals surface area contributed by atoms with Gasteiger partial charge in [-0.25, -0.2) is 0 Å². The van der Waals surface area contributed by atoms with Gasteiger partial charge in [0.1, 0.15) is 0 Å². The van der Waals surface area contributed by atoms with E-state index in [0.29, 0.717) is 5.91 Å². The Hall–Kier alpha value is -1.10. The number of carboxylic acids is 1. The van der Waals surface area contributed by atoms with Crippen molar-refractivity contribution in [3.63, 3.8) is 0 Å². The van der Waals surface area contributed by atoms with Crippen molar-refractivity contribution in [2.45, 2.75) is 69.5 Å². The minimum absolute atomic E-state index is 0.115. The van der Waals surface area contributed by atoms with Crippen LogP contribution in [0.1, 0.15) is 51.4 Å². The number of hydrogen-bond donors (Lipinski definition) is 2. The molecule has 0 aromatic rings. The summed E-state index contributed by atoms with van der Waals surface area (Å²) >= 11 is 0. The van der Waals surface area contributed by atoms with E-state index >= 15 is 0 Å². The lowest BCUT2D eigenvalue weighted by molar-refractivity contribution is -0.142. The molecule has 2 aliphatic heterocycles. The zero-order valence-corrected chi connectivity index (χ0v) is 11.8. The fourth-order valence-electron chi connectivity index (χ4n) is 4.51. The van der Waals surface area contributed by atoms with Crippen LogP contribution in [0.2, 0.25) is 0 Å². The summed E-state index contributed by atoms with van der Waals surface area (Å²) in [6, 6.07) is 0.746. The van der Waals surface area contributed by atoms with E-state index < -0.39 is 5.97 Å². The Balaban J connectivity index is 1.64. The smallest absolute Gasteiger partial charge is 0.303 e. The zero-order chi connectivity index (χ0) is 14.3. The summed E-state index contributed by atoms with van der Waals surface area (Å²) < 4.78 is 0.